The van der Waals surface area contributed by atoms with Gasteiger partial charge in [-0.2, -0.15) is 11.8 Å². The van der Waals surface area contributed by atoms with Crippen molar-refractivity contribution in [2.75, 3.05) is 18.9 Å². The lowest BCUT2D eigenvalue weighted by molar-refractivity contribution is -0.140. The topological polar surface area (TPSA) is 98.7 Å². The Balaban J connectivity index is 2.31. The van der Waals surface area contributed by atoms with Gasteiger partial charge in [0.25, 0.3) is 0 Å². The van der Waals surface area contributed by atoms with Crippen LogP contribution in [0.4, 0.5) is 4.79 Å². The van der Waals surface area contributed by atoms with Crippen molar-refractivity contribution < 1.29 is 19.8 Å². The first kappa shape index (κ1) is 14.1. The van der Waals surface area contributed by atoms with Gasteiger partial charge in [-0.1, -0.05) is 0 Å². The number of carbonyl (C=O) groups is 2. The van der Waals surface area contributed by atoms with Crippen molar-refractivity contribution in [3.63, 3.8) is 0 Å². The SMILES string of the molecule is CC1(CNC(=O)N[C@H](CO)C(=O)O)CCCS1. The summed E-state index contributed by atoms with van der Waals surface area (Å²) in [6, 6.07) is -1.81. The third-order valence-corrected chi connectivity index (χ3v) is 4.25. The van der Waals surface area contributed by atoms with Crippen LogP contribution in [0.15, 0.2) is 0 Å². The molecule has 1 fully saturated rings. The molecule has 1 aliphatic heterocycles. The van der Waals surface area contributed by atoms with Crippen LogP contribution in [0.25, 0.3) is 0 Å². The summed E-state index contributed by atoms with van der Waals surface area (Å²) in [7, 11) is 0. The molecule has 4 N–H and O–H groups in total. The Bertz CT molecular complexity index is 292. The number of thioether (sulfide) groups is 1. The van der Waals surface area contributed by atoms with E-state index < -0.39 is 24.6 Å². The monoisotopic (exact) mass is 262 g/mol. The van der Waals surface area contributed by atoms with Gasteiger partial charge in [-0.25, -0.2) is 9.59 Å². The summed E-state index contributed by atoms with van der Waals surface area (Å²) in [6.45, 7) is 1.96. The molecule has 0 aromatic heterocycles. The lowest BCUT2D eigenvalue weighted by Crippen LogP contribution is -2.50. The highest BCUT2D eigenvalue weighted by molar-refractivity contribution is 8.00. The van der Waals surface area contributed by atoms with Gasteiger partial charge in [0, 0.05) is 11.3 Å². The summed E-state index contributed by atoms with van der Waals surface area (Å²) in [6.07, 6.45) is 2.18. The van der Waals surface area contributed by atoms with Crippen molar-refractivity contribution in [2.45, 2.75) is 30.6 Å². The zero-order chi connectivity index (χ0) is 12.9. The van der Waals surface area contributed by atoms with E-state index in [4.69, 9.17) is 10.2 Å². The van der Waals surface area contributed by atoms with Gasteiger partial charge in [-0.05, 0) is 25.5 Å². The van der Waals surface area contributed by atoms with E-state index in [1.165, 1.54) is 0 Å². The number of hydrogen-bond donors (Lipinski definition) is 4. The van der Waals surface area contributed by atoms with Gasteiger partial charge < -0.3 is 20.8 Å². The smallest absolute Gasteiger partial charge is 0.328 e. The highest BCUT2D eigenvalue weighted by Crippen LogP contribution is 2.36. The number of rotatable bonds is 5. The van der Waals surface area contributed by atoms with Crippen LogP contribution < -0.4 is 10.6 Å². The molecule has 0 aliphatic carbocycles. The zero-order valence-corrected chi connectivity index (χ0v) is 10.5. The van der Waals surface area contributed by atoms with Crippen molar-refractivity contribution in [2.24, 2.45) is 0 Å². The minimum Gasteiger partial charge on any atom is -0.480 e. The summed E-state index contributed by atoms with van der Waals surface area (Å²) >= 11 is 1.81. The Morgan fingerprint density at radius 2 is 2.24 bits per heavy atom. The fourth-order valence-corrected chi connectivity index (χ4v) is 2.88. The highest BCUT2D eigenvalue weighted by Gasteiger charge is 2.30. The van der Waals surface area contributed by atoms with Gasteiger partial charge in [-0.15, -0.1) is 0 Å². The second-order valence-electron chi connectivity index (χ2n) is 4.30. The lowest BCUT2D eigenvalue weighted by atomic mass is 10.1. The lowest BCUT2D eigenvalue weighted by Gasteiger charge is -2.23. The first-order valence-corrected chi connectivity index (χ1v) is 6.47. The van der Waals surface area contributed by atoms with Crippen LogP contribution in [0.1, 0.15) is 19.8 Å². The van der Waals surface area contributed by atoms with Gasteiger partial charge in [0.2, 0.25) is 0 Å². The second-order valence-corrected chi connectivity index (χ2v) is 5.98. The molecule has 0 saturated carbocycles. The molecule has 1 aliphatic rings. The molecule has 1 saturated heterocycles. The number of aliphatic hydroxyl groups excluding tert-OH is 1. The number of aliphatic carboxylic acids is 1. The first-order valence-electron chi connectivity index (χ1n) is 5.49. The fourth-order valence-electron chi connectivity index (χ4n) is 1.64. The van der Waals surface area contributed by atoms with Crippen LogP contribution in [0.2, 0.25) is 0 Å². The maximum atomic E-state index is 11.4. The molecule has 17 heavy (non-hydrogen) atoms. The summed E-state index contributed by atoms with van der Waals surface area (Å²) in [4.78, 5) is 22.0. The van der Waals surface area contributed by atoms with Crippen molar-refractivity contribution in [1.82, 2.24) is 10.6 Å². The molecule has 2 atom stereocenters. The Labute approximate surface area is 104 Å². The van der Waals surface area contributed by atoms with E-state index in [0.29, 0.717) is 6.54 Å². The van der Waals surface area contributed by atoms with Gasteiger partial charge in [-0.3, -0.25) is 0 Å². The van der Waals surface area contributed by atoms with E-state index >= 15 is 0 Å². The van der Waals surface area contributed by atoms with Crippen molar-refractivity contribution in [3.05, 3.63) is 0 Å². The molecule has 0 spiro atoms. The predicted molar refractivity (Wildman–Crippen MR) is 65.1 cm³/mol. The van der Waals surface area contributed by atoms with E-state index in [1.807, 2.05) is 11.8 Å². The summed E-state index contributed by atoms with van der Waals surface area (Å²) in [5, 5.41) is 22.2. The quantitative estimate of drug-likeness (QED) is 0.560. The van der Waals surface area contributed by atoms with Crippen LogP contribution >= 0.6 is 11.8 Å². The van der Waals surface area contributed by atoms with E-state index in [-0.39, 0.29) is 4.75 Å². The van der Waals surface area contributed by atoms with Crippen LogP contribution in [0.5, 0.6) is 0 Å². The first-order chi connectivity index (χ1) is 7.97. The van der Waals surface area contributed by atoms with Gasteiger partial charge in [0.15, 0.2) is 6.04 Å². The number of hydrogen-bond acceptors (Lipinski definition) is 4. The largest absolute Gasteiger partial charge is 0.480 e. The van der Waals surface area contributed by atoms with Crippen LogP contribution in [0, 0.1) is 0 Å². The summed E-state index contributed by atoms with van der Waals surface area (Å²) in [5.74, 6) is -0.155. The van der Waals surface area contributed by atoms with E-state index in [2.05, 4.69) is 17.6 Å². The van der Waals surface area contributed by atoms with Crippen LogP contribution in [0.3, 0.4) is 0 Å². The molecule has 1 heterocycles. The highest BCUT2D eigenvalue weighted by atomic mass is 32.2. The Morgan fingerprint density at radius 1 is 1.53 bits per heavy atom. The number of carboxylic acids is 1. The molecular formula is C10H18N2O4S. The molecule has 0 bridgehead atoms. The summed E-state index contributed by atoms with van der Waals surface area (Å²) < 4.78 is 0.0370. The van der Waals surface area contributed by atoms with Crippen molar-refractivity contribution in [3.8, 4) is 0 Å². The number of aliphatic hydroxyl groups is 1. The van der Waals surface area contributed by atoms with Gasteiger partial charge >= 0.3 is 12.0 Å². The summed E-state index contributed by atoms with van der Waals surface area (Å²) in [5.41, 5.74) is 0. The van der Waals surface area contributed by atoms with Gasteiger partial charge in [0.1, 0.15) is 0 Å². The molecule has 7 heteroatoms. The standard InChI is InChI=1S/C10H18N2O4S/c1-10(3-2-4-17-10)6-11-9(16)12-7(5-13)8(14)15/h7,13H,2-6H2,1H3,(H,14,15)(H2,11,12,16)/t7-,10?/m1/s1. The third-order valence-electron chi connectivity index (χ3n) is 2.71. The number of amides is 2. The zero-order valence-electron chi connectivity index (χ0n) is 9.73. The normalized spacial score (nSPS) is 25.3. The molecule has 1 unspecified atom stereocenters. The number of carboxylic acid groups (broad SMARTS) is 1. The van der Waals surface area contributed by atoms with E-state index in [0.717, 1.165) is 18.6 Å². The average Bonchev–Trinajstić information content (AvgIpc) is 2.70. The molecule has 0 radical (unpaired) electrons. The Kier molecular flexibility index (Phi) is 5.07. The second kappa shape index (κ2) is 6.11. The molecule has 1 rings (SSSR count). The average molecular weight is 262 g/mol. The number of carbonyl (C=O) groups excluding carboxylic acids is 1. The minimum atomic E-state index is -1.25. The molecule has 6 nitrogen and oxygen atoms in total. The third kappa shape index (κ3) is 4.43. The van der Waals surface area contributed by atoms with Gasteiger partial charge in [0.05, 0.1) is 6.61 Å². The molecule has 2 amide bonds. The maximum absolute atomic E-state index is 11.4. The van der Waals surface area contributed by atoms with E-state index in [9.17, 15) is 9.59 Å². The molecule has 0 aromatic rings. The number of nitrogens with one attached hydrogen (secondary N) is 2. The molecule has 0 aromatic carbocycles. The van der Waals surface area contributed by atoms with E-state index in [1.54, 1.807) is 0 Å². The fraction of sp³-hybridized carbons (Fsp3) is 0.800. The Hall–Kier alpha value is -0.950. The van der Waals surface area contributed by atoms with Crippen LogP contribution in [-0.4, -0.2) is 51.9 Å². The van der Waals surface area contributed by atoms with Crippen LogP contribution in [-0.2, 0) is 4.79 Å². The minimum absolute atomic E-state index is 0.0370. The predicted octanol–water partition coefficient (Wildman–Crippen LogP) is 0.0168. The maximum Gasteiger partial charge on any atom is 0.328 e. The number of urea groups is 1. The van der Waals surface area contributed by atoms with Crippen molar-refractivity contribution in [1.29, 1.82) is 0 Å². The van der Waals surface area contributed by atoms with Crippen molar-refractivity contribution >= 4 is 23.8 Å². The Morgan fingerprint density at radius 3 is 2.71 bits per heavy atom. The molecule has 98 valence electrons. The molecular weight excluding hydrogens is 244 g/mol.